The lowest BCUT2D eigenvalue weighted by Gasteiger charge is -2.19. The second-order valence-corrected chi connectivity index (χ2v) is 5.80. The molecule has 0 radical (unpaired) electrons. The molecule has 1 aromatic carbocycles. The smallest absolute Gasteiger partial charge is 0.159 e. The van der Waals surface area contributed by atoms with Crippen LogP contribution in [0.25, 0.3) is 11.4 Å². The normalized spacial score (nSPS) is 11.6. The van der Waals surface area contributed by atoms with E-state index < -0.39 is 0 Å². The first-order valence-electron chi connectivity index (χ1n) is 6.29. The van der Waals surface area contributed by atoms with Crippen molar-refractivity contribution >= 4 is 0 Å². The third-order valence-electron chi connectivity index (χ3n) is 2.99. The van der Waals surface area contributed by atoms with Crippen LogP contribution in [0.4, 0.5) is 0 Å². The summed E-state index contributed by atoms with van der Waals surface area (Å²) in [5.41, 5.74) is 4.61. The molecule has 0 saturated carbocycles. The molecule has 2 nitrogen and oxygen atoms in total. The quantitative estimate of drug-likeness (QED) is 0.751. The summed E-state index contributed by atoms with van der Waals surface area (Å²) in [7, 11) is 0. The Morgan fingerprint density at radius 1 is 0.833 bits per heavy atom. The van der Waals surface area contributed by atoms with E-state index >= 15 is 0 Å². The Morgan fingerprint density at radius 2 is 1.33 bits per heavy atom. The topological polar surface area (TPSA) is 25.8 Å². The first-order valence-corrected chi connectivity index (χ1v) is 6.29. The summed E-state index contributed by atoms with van der Waals surface area (Å²) < 4.78 is 0. The van der Waals surface area contributed by atoms with Gasteiger partial charge in [0.25, 0.3) is 0 Å². The van der Waals surface area contributed by atoms with Gasteiger partial charge in [0.05, 0.1) is 0 Å². The summed E-state index contributed by atoms with van der Waals surface area (Å²) >= 11 is 0. The zero-order valence-electron chi connectivity index (χ0n) is 11.8. The molecule has 94 valence electrons. The summed E-state index contributed by atoms with van der Waals surface area (Å²) in [6.07, 6.45) is 0. The fraction of sp³-hybridized carbons (Fsp3) is 0.375. The molecule has 0 bridgehead atoms. The van der Waals surface area contributed by atoms with Crippen LogP contribution < -0.4 is 0 Å². The third-order valence-corrected chi connectivity index (χ3v) is 2.99. The van der Waals surface area contributed by atoms with Gasteiger partial charge in [0, 0.05) is 17.0 Å². The first-order chi connectivity index (χ1) is 8.36. The molecule has 2 rings (SSSR count). The van der Waals surface area contributed by atoms with Crippen LogP contribution in [-0.4, -0.2) is 9.97 Å². The molecule has 0 amide bonds. The van der Waals surface area contributed by atoms with Crippen molar-refractivity contribution in [2.45, 2.75) is 40.0 Å². The second-order valence-electron chi connectivity index (χ2n) is 5.80. The number of aryl methyl sites for hydroxylation is 2. The van der Waals surface area contributed by atoms with Crippen LogP contribution >= 0.6 is 0 Å². The first kappa shape index (κ1) is 12.7. The molecular formula is C16H20N2. The zero-order valence-corrected chi connectivity index (χ0v) is 11.8. The van der Waals surface area contributed by atoms with Crippen molar-refractivity contribution in [3.63, 3.8) is 0 Å². The Bertz CT molecular complexity index is 528. The van der Waals surface area contributed by atoms with Crippen LogP contribution in [0.15, 0.2) is 30.3 Å². The van der Waals surface area contributed by atoms with Crippen molar-refractivity contribution in [1.82, 2.24) is 9.97 Å². The van der Waals surface area contributed by atoms with Gasteiger partial charge < -0.3 is 0 Å². The minimum atomic E-state index is 0.182. The van der Waals surface area contributed by atoms with Gasteiger partial charge in [-0.25, -0.2) is 9.97 Å². The lowest BCUT2D eigenvalue weighted by Crippen LogP contribution is -2.10. The Balaban J connectivity index is 2.40. The highest BCUT2D eigenvalue weighted by atomic mass is 14.9. The van der Waals surface area contributed by atoms with Gasteiger partial charge in [-0.1, -0.05) is 45.0 Å². The summed E-state index contributed by atoms with van der Waals surface area (Å²) in [6.45, 7) is 10.7. The molecule has 0 aliphatic heterocycles. The Morgan fingerprint density at radius 3 is 1.78 bits per heavy atom. The Labute approximate surface area is 109 Å². The van der Waals surface area contributed by atoms with E-state index in [-0.39, 0.29) is 5.41 Å². The second kappa shape index (κ2) is 4.52. The highest BCUT2D eigenvalue weighted by molar-refractivity contribution is 5.56. The van der Waals surface area contributed by atoms with E-state index in [9.17, 15) is 0 Å². The monoisotopic (exact) mass is 240 g/mol. The maximum Gasteiger partial charge on any atom is 0.159 e. The van der Waals surface area contributed by atoms with Gasteiger partial charge >= 0.3 is 0 Å². The Hall–Kier alpha value is -1.70. The predicted octanol–water partition coefficient (Wildman–Crippen LogP) is 4.06. The van der Waals surface area contributed by atoms with Crippen LogP contribution in [0.3, 0.4) is 0 Å². The molecule has 0 aliphatic rings. The molecule has 0 saturated heterocycles. The summed E-state index contributed by atoms with van der Waals surface area (Å²) in [5, 5.41) is 0. The molecule has 18 heavy (non-hydrogen) atoms. The number of aromatic nitrogens is 2. The lowest BCUT2D eigenvalue weighted by molar-refractivity contribution is 0.590. The number of hydrogen-bond acceptors (Lipinski definition) is 2. The van der Waals surface area contributed by atoms with Crippen molar-refractivity contribution in [1.29, 1.82) is 0 Å². The molecule has 0 atom stereocenters. The van der Waals surface area contributed by atoms with Crippen molar-refractivity contribution < 1.29 is 0 Å². The van der Waals surface area contributed by atoms with E-state index in [1.165, 1.54) is 5.56 Å². The van der Waals surface area contributed by atoms with Crippen LogP contribution in [0, 0.1) is 13.8 Å². The summed E-state index contributed by atoms with van der Waals surface area (Å²) in [5.74, 6) is 0.813. The molecule has 1 aromatic heterocycles. The molecule has 0 unspecified atom stereocenters. The SMILES string of the molecule is Cc1cc(C)nc(-c2ccc(C(C)(C)C)cc2)n1. The van der Waals surface area contributed by atoms with Crippen LogP contribution in [0.1, 0.15) is 37.7 Å². The van der Waals surface area contributed by atoms with E-state index in [0.717, 1.165) is 22.8 Å². The van der Waals surface area contributed by atoms with Crippen LogP contribution in [0.5, 0.6) is 0 Å². The van der Waals surface area contributed by atoms with Crippen molar-refractivity contribution in [2.75, 3.05) is 0 Å². The van der Waals surface area contributed by atoms with Gasteiger partial charge in [-0.05, 0) is 30.9 Å². The highest BCUT2D eigenvalue weighted by Crippen LogP contribution is 2.24. The fourth-order valence-electron chi connectivity index (χ4n) is 1.97. The predicted molar refractivity (Wildman–Crippen MR) is 75.6 cm³/mol. The molecule has 1 heterocycles. The summed E-state index contributed by atoms with van der Waals surface area (Å²) in [6, 6.07) is 10.5. The molecular weight excluding hydrogens is 220 g/mol. The van der Waals surface area contributed by atoms with Gasteiger partial charge in [0.2, 0.25) is 0 Å². The molecule has 2 aromatic rings. The van der Waals surface area contributed by atoms with Crippen LogP contribution in [0.2, 0.25) is 0 Å². The average Bonchev–Trinajstić information content (AvgIpc) is 2.27. The number of nitrogens with zero attached hydrogens (tertiary/aromatic N) is 2. The standard InChI is InChI=1S/C16H20N2/c1-11-10-12(2)18-15(17-11)13-6-8-14(9-7-13)16(3,4)5/h6-10H,1-5H3. The minimum absolute atomic E-state index is 0.182. The van der Waals surface area contributed by atoms with Gasteiger partial charge in [-0.2, -0.15) is 0 Å². The lowest BCUT2D eigenvalue weighted by atomic mass is 9.87. The largest absolute Gasteiger partial charge is 0.233 e. The molecule has 0 fully saturated rings. The van der Waals surface area contributed by atoms with Crippen molar-refractivity contribution in [2.24, 2.45) is 0 Å². The van der Waals surface area contributed by atoms with Gasteiger partial charge in [-0.3, -0.25) is 0 Å². The van der Waals surface area contributed by atoms with E-state index in [4.69, 9.17) is 0 Å². The van der Waals surface area contributed by atoms with Gasteiger partial charge in [-0.15, -0.1) is 0 Å². The highest BCUT2D eigenvalue weighted by Gasteiger charge is 2.13. The minimum Gasteiger partial charge on any atom is -0.233 e. The van der Waals surface area contributed by atoms with Crippen molar-refractivity contribution in [3.05, 3.63) is 47.3 Å². The molecule has 0 spiro atoms. The maximum atomic E-state index is 4.48. The van der Waals surface area contributed by atoms with Crippen molar-refractivity contribution in [3.8, 4) is 11.4 Å². The van der Waals surface area contributed by atoms with Gasteiger partial charge in [0.1, 0.15) is 0 Å². The van der Waals surface area contributed by atoms with Gasteiger partial charge in [0.15, 0.2) is 5.82 Å². The molecule has 0 aliphatic carbocycles. The number of rotatable bonds is 1. The van der Waals surface area contributed by atoms with Crippen LogP contribution in [-0.2, 0) is 5.41 Å². The van der Waals surface area contributed by atoms with E-state index in [1.807, 2.05) is 19.9 Å². The molecule has 0 N–H and O–H groups in total. The Kier molecular flexibility index (Phi) is 3.20. The van der Waals surface area contributed by atoms with E-state index in [0.29, 0.717) is 0 Å². The fourth-order valence-corrected chi connectivity index (χ4v) is 1.97. The third kappa shape index (κ3) is 2.76. The zero-order chi connectivity index (χ0) is 13.3. The molecule has 2 heteroatoms. The van der Waals surface area contributed by atoms with E-state index in [1.54, 1.807) is 0 Å². The number of hydrogen-bond donors (Lipinski definition) is 0. The average molecular weight is 240 g/mol. The maximum absolute atomic E-state index is 4.48. The number of benzene rings is 1. The summed E-state index contributed by atoms with van der Waals surface area (Å²) in [4.78, 5) is 8.97. The van der Waals surface area contributed by atoms with E-state index in [2.05, 4.69) is 55.0 Å².